The molecule has 0 radical (unpaired) electrons. The fourth-order valence-corrected chi connectivity index (χ4v) is 2.00. The molecule has 0 bridgehead atoms. The molecule has 1 aromatic rings. The molecule has 0 fully saturated rings. The molecule has 116 valence electrons. The lowest BCUT2D eigenvalue weighted by molar-refractivity contribution is -0.123. The molecule has 21 heavy (non-hydrogen) atoms. The summed E-state index contributed by atoms with van der Waals surface area (Å²) < 4.78 is 10.6. The van der Waals surface area contributed by atoms with E-state index in [2.05, 4.69) is 12.2 Å². The van der Waals surface area contributed by atoms with Gasteiger partial charge in [-0.05, 0) is 25.5 Å². The summed E-state index contributed by atoms with van der Waals surface area (Å²) in [5.74, 6) is 0.918. The highest BCUT2D eigenvalue weighted by molar-refractivity contribution is 7.80. The number of hydrogen-bond acceptors (Lipinski definition) is 4. The largest absolute Gasteiger partial charge is 0.497 e. The summed E-state index contributed by atoms with van der Waals surface area (Å²) >= 11 is 4.94. The quantitative estimate of drug-likeness (QED) is 0.719. The third-order valence-corrected chi connectivity index (χ3v) is 3.13. The maximum absolute atomic E-state index is 11.8. The van der Waals surface area contributed by atoms with Gasteiger partial charge in [-0.1, -0.05) is 25.6 Å². The summed E-state index contributed by atoms with van der Waals surface area (Å²) in [4.78, 5) is 12.0. The van der Waals surface area contributed by atoms with Crippen LogP contribution in [0, 0.1) is 0 Å². The average molecular weight is 310 g/mol. The molecule has 1 unspecified atom stereocenters. The van der Waals surface area contributed by atoms with Crippen molar-refractivity contribution in [2.45, 2.75) is 32.7 Å². The van der Waals surface area contributed by atoms with Gasteiger partial charge >= 0.3 is 0 Å². The van der Waals surface area contributed by atoms with Crippen LogP contribution in [0.5, 0.6) is 11.5 Å². The van der Waals surface area contributed by atoms with Crippen molar-refractivity contribution in [1.82, 2.24) is 5.32 Å². The van der Waals surface area contributed by atoms with E-state index >= 15 is 0 Å². The van der Waals surface area contributed by atoms with E-state index in [4.69, 9.17) is 27.4 Å². The Hall–Kier alpha value is -1.82. The summed E-state index contributed by atoms with van der Waals surface area (Å²) in [6, 6.07) is 5.24. The van der Waals surface area contributed by atoms with Gasteiger partial charge in [-0.15, -0.1) is 0 Å². The van der Waals surface area contributed by atoms with E-state index in [-0.39, 0.29) is 23.5 Å². The summed E-state index contributed by atoms with van der Waals surface area (Å²) in [6.07, 6.45) is 1.96. The molecule has 0 saturated heterocycles. The topological polar surface area (TPSA) is 73.6 Å². The summed E-state index contributed by atoms with van der Waals surface area (Å²) in [7, 11) is 1.54. The Morgan fingerprint density at radius 3 is 2.62 bits per heavy atom. The second-order valence-electron chi connectivity index (χ2n) is 4.81. The predicted molar refractivity (Wildman–Crippen MR) is 86.9 cm³/mol. The van der Waals surface area contributed by atoms with E-state index in [9.17, 15) is 4.79 Å². The van der Waals surface area contributed by atoms with Crippen molar-refractivity contribution in [2.75, 3.05) is 13.7 Å². The van der Waals surface area contributed by atoms with Crippen molar-refractivity contribution in [3.63, 3.8) is 0 Å². The molecular formula is C15H22N2O3S. The zero-order valence-electron chi connectivity index (χ0n) is 12.6. The number of hydrogen-bond donors (Lipinski definition) is 2. The molecule has 0 spiro atoms. The van der Waals surface area contributed by atoms with Crippen molar-refractivity contribution in [2.24, 2.45) is 5.73 Å². The molecule has 3 N–H and O–H groups in total. The van der Waals surface area contributed by atoms with Gasteiger partial charge < -0.3 is 20.5 Å². The molecule has 5 nitrogen and oxygen atoms in total. The third kappa shape index (κ3) is 5.99. The predicted octanol–water partition coefficient (Wildman–Crippen LogP) is 2.01. The Kier molecular flexibility index (Phi) is 6.94. The van der Waals surface area contributed by atoms with Crippen LogP contribution in [0.3, 0.4) is 0 Å². The number of carbonyl (C=O) groups is 1. The maximum Gasteiger partial charge on any atom is 0.258 e. The zero-order valence-corrected chi connectivity index (χ0v) is 13.5. The molecular weight excluding hydrogens is 288 g/mol. The number of methoxy groups -OCH3 is 1. The normalized spacial score (nSPS) is 11.6. The van der Waals surface area contributed by atoms with Gasteiger partial charge in [0.1, 0.15) is 16.5 Å². The van der Waals surface area contributed by atoms with E-state index in [0.717, 1.165) is 12.8 Å². The van der Waals surface area contributed by atoms with Gasteiger partial charge in [0.25, 0.3) is 5.91 Å². The molecule has 0 aliphatic rings. The van der Waals surface area contributed by atoms with Gasteiger partial charge in [0, 0.05) is 17.7 Å². The number of nitrogens with two attached hydrogens (primary N) is 1. The van der Waals surface area contributed by atoms with Crippen LogP contribution in [0.4, 0.5) is 0 Å². The van der Waals surface area contributed by atoms with E-state index in [1.165, 1.54) is 0 Å². The molecule has 0 aliphatic heterocycles. The molecule has 1 aromatic carbocycles. The number of benzene rings is 1. The van der Waals surface area contributed by atoms with Crippen molar-refractivity contribution >= 4 is 23.1 Å². The number of thiocarbonyl (C=S) groups is 1. The number of amides is 1. The Balaban J connectivity index is 2.64. The highest BCUT2D eigenvalue weighted by atomic mass is 32.1. The standard InChI is InChI=1S/C15H22N2O3S/c1-4-5-10(2)17-14(18)9-20-13-7-11(15(16)21)6-12(8-13)19-3/h6-8,10H,4-5,9H2,1-3H3,(H2,16,21)(H,17,18). The first-order valence-corrected chi connectivity index (χ1v) is 7.28. The molecule has 0 saturated carbocycles. The van der Waals surface area contributed by atoms with E-state index in [1.807, 2.05) is 6.92 Å². The molecule has 0 aromatic heterocycles. The highest BCUT2D eigenvalue weighted by Crippen LogP contribution is 2.22. The first-order chi connectivity index (χ1) is 9.96. The monoisotopic (exact) mass is 310 g/mol. The maximum atomic E-state index is 11.8. The number of carbonyl (C=O) groups excluding carboxylic acids is 1. The molecule has 1 atom stereocenters. The van der Waals surface area contributed by atoms with Gasteiger partial charge in [0.05, 0.1) is 7.11 Å². The minimum absolute atomic E-state index is 0.0575. The lowest BCUT2D eigenvalue weighted by Crippen LogP contribution is -2.35. The van der Waals surface area contributed by atoms with Crippen molar-refractivity contribution in [3.8, 4) is 11.5 Å². The van der Waals surface area contributed by atoms with Crippen LogP contribution >= 0.6 is 12.2 Å². The number of nitrogens with one attached hydrogen (secondary N) is 1. The summed E-state index contributed by atoms with van der Waals surface area (Å²) in [5, 5.41) is 2.87. The summed E-state index contributed by atoms with van der Waals surface area (Å²) in [5.41, 5.74) is 6.24. The Labute approximate surface area is 130 Å². The average Bonchev–Trinajstić information content (AvgIpc) is 2.44. The van der Waals surface area contributed by atoms with Gasteiger partial charge in [-0.25, -0.2) is 0 Å². The molecule has 0 heterocycles. The third-order valence-electron chi connectivity index (χ3n) is 2.90. The molecule has 0 aliphatic carbocycles. The van der Waals surface area contributed by atoms with Crippen molar-refractivity contribution in [1.29, 1.82) is 0 Å². The Morgan fingerprint density at radius 2 is 2.05 bits per heavy atom. The number of rotatable bonds is 8. The first kappa shape index (κ1) is 17.2. The Bertz CT molecular complexity index is 506. The smallest absolute Gasteiger partial charge is 0.258 e. The van der Waals surface area contributed by atoms with Crippen LogP contribution in [0.25, 0.3) is 0 Å². The van der Waals surface area contributed by atoms with E-state index in [0.29, 0.717) is 17.1 Å². The second kappa shape index (κ2) is 8.46. The minimum atomic E-state index is -0.157. The van der Waals surface area contributed by atoms with Crippen molar-refractivity contribution < 1.29 is 14.3 Å². The number of ether oxygens (including phenoxy) is 2. The van der Waals surface area contributed by atoms with Crippen LogP contribution in [-0.2, 0) is 4.79 Å². The Morgan fingerprint density at radius 1 is 1.38 bits per heavy atom. The van der Waals surface area contributed by atoms with Crippen LogP contribution in [0.1, 0.15) is 32.3 Å². The van der Waals surface area contributed by atoms with Crippen LogP contribution < -0.4 is 20.5 Å². The lowest BCUT2D eigenvalue weighted by atomic mass is 10.2. The molecule has 1 amide bonds. The van der Waals surface area contributed by atoms with Crippen LogP contribution in [0.15, 0.2) is 18.2 Å². The van der Waals surface area contributed by atoms with Gasteiger partial charge in [-0.3, -0.25) is 4.79 Å². The van der Waals surface area contributed by atoms with Crippen LogP contribution in [0.2, 0.25) is 0 Å². The lowest BCUT2D eigenvalue weighted by Gasteiger charge is -2.14. The minimum Gasteiger partial charge on any atom is -0.497 e. The first-order valence-electron chi connectivity index (χ1n) is 6.87. The van der Waals surface area contributed by atoms with Gasteiger partial charge in [-0.2, -0.15) is 0 Å². The van der Waals surface area contributed by atoms with Gasteiger partial charge in [0.2, 0.25) is 0 Å². The zero-order chi connectivity index (χ0) is 15.8. The SMILES string of the molecule is CCCC(C)NC(=O)COc1cc(OC)cc(C(N)=S)c1. The van der Waals surface area contributed by atoms with E-state index < -0.39 is 0 Å². The van der Waals surface area contributed by atoms with Gasteiger partial charge in [0.15, 0.2) is 6.61 Å². The van der Waals surface area contributed by atoms with Crippen LogP contribution in [-0.4, -0.2) is 30.7 Å². The highest BCUT2D eigenvalue weighted by Gasteiger charge is 2.09. The molecule has 1 rings (SSSR count). The molecule has 6 heteroatoms. The fourth-order valence-electron chi connectivity index (χ4n) is 1.89. The second-order valence-corrected chi connectivity index (χ2v) is 5.25. The summed E-state index contributed by atoms with van der Waals surface area (Å²) in [6.45, 7) is 3.99. The fraction of sp³-hybridized carbons (Fsp3) is 0.467. The van der Waals surface area contributed by atoms with Crippen molar-refractivity contribution in [3.05, 3.63) is 23.8 Å². The van der Waals surface area contributed by atoms with E-state index in [1.54, 1.807) is 25.3 Å².